The zero-order valence-electron chi connectivity index (χ0n) is 15.9. The van der Waals surface area contributed by atoms with Crippen molar-refractivity contribution >= 4 is 11.8 Å². The maximum atomic E-state index is 3.51. The SMILES string of the molecule is CCCCC#CC(SCCCCCCCCCC)c1ccccc1. The molecule has 0 aromatic heterocycles. The van der Waals surface area contributed by atoms with E-state index in [0.717, 1.165) is 6.42 Å². The van der Waals surface area contributed by atoms with Gasteiger partial charge in [-0.05, 0) is 24.2 Å². The highest BCUT2D eigenvalue weighted by molar-refractivity contribution is 7.99. The Morgan fingerprint density at radius 1 is 0.792 bits per heavy atom. The third-order valence-electron chi connectivity index (χ3n) is 4.27. The minimum atomic E-state index is 0.354. The molecule has 0 nitrogen and oxygen atoms in total. The average Bonchev–Trinajstić information content (AvgIpc) is 2.63. The summed E-state index contributed by atoms with van der Waals surface area (Å²) in [5.74, 6) is 8.14. The van der Waals surface area contributed by atoms with Crippen LogP contribution >= 0.6 is 11.8 Å². The van der Waals surface area contributed by atoms with Crippen LogP contribution in [0.4, 0.5) is 0 Å². The topological polar surface area (TPSA) is 0 Å². The molecule has 0 amide bonds. The number of rotatable bonds is 13. The normalized spacial score (nSPS) is 11.8. The molecular formula is C23H36S. The first kappa shape index (κ1) is 21.2. The molecule has 0 aliphatic carbocycles. The van der Waals surface area contributed by atoms with Gasteiger partial charge in [-0.3, -0.25) is 0 Å². The van der Waals surface area contributed by atoms with Crippen LogP contribution in [0.15, 0.2) is 30.3 Å². The summed E-state index contributed by atoms with van der Waals surface area (Å²) < 4.78 is 0. The summed E-state index contributed by atoms with van der Waals surface area (Å²) in [5.41, 5.74) is 1.37. The van der Waals surface area contributed by atoms with E-state index in [0.29, 0.717) is 5.25 Å². The molecule has 0 aliphatic heterocycles. The van der Waals surface area contributed by atoms with Crippen LogP contribution in [0.1, 0.15) is 95.3 Å². The van der Waals surface area contributed by atoms with Gasteiger partial charge < -0.3 is 0 Å². The lowest BCUT2D eigenvalue weighted by Crippen LogP contribution is -1.93. The number of hydrogen-bond donors (Lipinski definition) is 0. The fraction of sp³-hybridized carbons (Fsp3) is 0.652. The Kier molecular flexibility index (Phi) is 13.8. The van der Waals surface area contributed by atoms with Gasteiger partial charge in [-0.15, -0.1) is 17.7 Å². The van der Waals surface area contributed by atoms with Crippen LogP contribution in [-0.4, -0.2) is 5.75 Å². The summed E-state index contributed by atoms with van der Waals surface area (Å²) in [5, 5.41) is 0.354. The molecule has 1 aromatic rings. The van der Waals surface area contributed by atoms with Gasteiger partial charge in [0.1, 0.15) is 0 Å². The van der Waals surface area contributed by atoms with Crippen LogP contribution in [0.3, 0.4) is 0 Å². The quantitative estimate of drug-likeness (QED) is 0.260. The van der Waals surface area contributed by atoms with Crippen LogP contribution in [0.2, 0.25) is 0 Å². The van der Waals surface area contributed by atoms with Gasteiger partial charge in [0.15, 0.2) is 0 Å². The van der Waals surface area contributed by atoms with E-state index in [2.05, 4.69) is 56.0 Å². The van der Waals surface area contributed by atoms with E-state index >= 15 is 0 Å². The minimum absolute atomic E-state index is 0.354. The van der Waals surface area contributed by atoms with Crippen LogP contribution < -0.4 is 0 Å². The predicted molar refractivity (Wildman–Crippen MR) is 112 cm³/mol. The summed E-state index contributed by atoms with van der Waals surface area (Å²) >= 11 is 2.03. The maximum Gasteiger partial charge on any atom is 0.0905 e. The van der Waals surface area contributed by atoms with Gasteiger partial charge in [0, 0.05) is 6.42 Å². The summed E-state index contributed by atoms with van der Waals surface area (Å²) in [6.45, 7) is 4.51. The highest BCUT2D eigenvalue weighted by Crippen LogP contribution is 2.29. The summed E-state index contributed by atoms with van der Waals surface area (Å²) in [6, 6.07) is 10.8. The second kappa shape index (κ2) is 15.6. The van der Waals surface area contributed by atoms with Crippen molar-refractivity contribution in [1.82, 2.24) is 0 Å². The standard InChI is InChI=1S/C23H36S/c1-3-5-7-9-10-11-12-17-21-24-23(20-16-8-6-4-2)22-18-14-13-15-19-22/h13-15,18-19,23H,3-12,17,21H2,1-2H3. The van der Waals surface area contributed by atoms with Crippen LogP contribution in [-0.2, 0) is 0 Å². The molecule has 1 rings (SSSR count). The van der Waals surface area contributed by atoms with E-state index in [1.165, 1.54) is 75.5 Å². The minimum Gasteiger partial charge on any atom is -0.141 e. The third kappa shape index (κ3) is 10.8. The van der Waals surface area contributed by atoms with Crippen molar-refractivity contribution in [2.45, 2.75) is 89.7 Å². The van der Waals surface area contributed by atoms with Crippen molar-refractivity contribution in [1.29, 1.82) is 0 Å². The van der Waals surface area contributed by atoms with Gasteiger partial charge in [0.25, 0.3) is 0 Å². The molecule has 134 valence electrons. The molecule has 0 fully saturated rings. The molecule has 0 spiro atoms. The van der Waals surface area contributed by atoms with E-state index in [1.807, 2.05) is 11.8 Å². The highest BCUT2D eigenvalue weighted by atomic mass is 32.2. The Morgan fingerprint density at radius 2 is 1.42 bits per heavy atom. The van der Waals surface area contributed by atoms with Gasteiger partial charge in [-0.25, -0.2) is 0 Å². The number of unbranched alkanes of at least 4 members (excludes halogenated alkanes) is 9. The van der Waals surface area contributed by atoms with E-state index in [4.69, 9.17) is 0 Å². The van der Waals surface area contributed by atoms with E-state index in [9.17, 15) is 0 Å². The van der Waals surface area contributed by atoms with Crippen molar-refractivity contribution in [3.63, 3.8) is 0 Å². The fourth-order valence-corrected chi connectivity index (χ4v) is 3.84. The number of hydrogen-bond acceptors (Lipinski definition) is 1. The van der Waals surface area contributed by atoms with Crippen LogP contribution in [0.25, 0.3) is 0 Å². The monoisotopic (exact) mass is 344 g/mol. The second-order valence-electron chi connectivity index (χ2n) is 6.56. The molecule has 1 unspecified atom stereocenters. The lowest BCUT2D eigenvalue weighted by atomic mass is 10.1. The molecule has 0 bridgehead atoms. The fourth-order valence-electron chi connectivity index (χ4n) is 2.72. The summed E-state index contributed by atoms with van der Waals surface area (Å²) in [4.78, 5) is 0. The number of thioether (sulfide) groups is 1. The Bertz CT molecular complexity index is 440. The first-order valence-corrected chi connectivity index (χ1v) is 11.1. The van der Waals surface area contributed by atoms with E-state index in [-0.39, 0.29) is 0 Å². The van der Waals surface area contributed by atoms with E-state index < -0.39 is 0 Å². The van der Waals surface area contributed by atoms with Crippen molar-refractivity contribution in [2.75, 3.05) is 5.75 Å². The van der Waals surface area contributed by atoms with Gasteiger partial charge in [-0.2, -0.15) is 0 Å². The summed E-state index contributed by atoms with van der Waals surface area (Å²) in [6.07, 6.45) is 14.6. The molecule has 1 heteroatoms. The molecule has 0 N–H and O–H groups in total. The third-order valence-corrected chi connectivity index (χ3v) is 5.52. The van der Waals surface area contributed by atoms with E-state index in [1.54, 1.807) is 0 Å². The van der Waals surface area contributed by atoms with Gasteiger partial charge in [0.2, 0.25) is 0 Å². The average molecular weight is 345 g/mol. The van der Waals surface area contributed by atoms with Crippen molar-refractivity contribution in [3.05, 3.63) is 35.9 Å². The van der Waals surface area contributed by atoms with Gasteiger partial charge in [0.05, 0.1) is 5.25 Å². The highest BCUT2D eigenvalue weighted by Gasteiger charge is 2.08. The first-order valence-electron chi connectivity index (χ1n) is 10.0. The molecule has 1 aromatic carbocycles. The molecule has 24 heavy (non-hydrogen) atoms. The smallest absolute Gasteiger partial charge is 0.0905 e. The Labute approximate surface area is 155 Å². The Morgan fingerprint density at radius 3 is 2.08 bits per heavy atom. The van der Waals surface area contributed by atoms with Gasteiger partial charge in [-0.1, -0.05) is 101 Å². The molecule has 0 aliphatic rings. The Hall–Kier alpha value is -0.870. The van der Waals surface area contributed by atoms with Crippen molar-refractivity contribution in [3.8, 4) is 11.8 Å². The summed E-state index contributed by atoms with van der Waals surface area (Å²) in [7, 11) is 0. The van der Waals surface area contributed by atoms with Gasteiger partial charge >= 0.3 is 0 Å². The zero-order valence-corrected chi connectivity index (χ0v) is 16.7. The second-order valence-corrected chi connectivity index (χ2v) is 7.77. The lowest BCUT2D eigenvalue weighted by Gasteiger charge is -2.11. The molecule has 0 heterocycles. The van der Waals surface area contributed by atoms with Crippen LogP contribution in [0.5, 0.6) is 0 Å². The predicted octanol–water partition coefficient (Wildman–Crippen LogP) is 7.80. The molecule has 0 saturated carbocycles. The van der Waals surface area contributed by atoms with Crippen molar-refractivity contribution < 1.29 is 0 Å². The van der Waals surface area contributed by atoms with Crippen LogP contribution in [0, 0.1) is 11.8 Å². The molecule has 0 radical (unpaired) electrons. The first-order chi connectivity index (χ1) is 11.9. The molecular weight excluding hydrogens is 308 g/mol. The number of benzene rings is 1. The maximum absolute atomic E-state index is 3.51. The molecule has 0 saturated heterocycles. The Balaban J connectivity index is 2.26. The van der Waals surface area contributed by atoms with Crippen molar-refractivity contribution in [2.24, 2.45) is 0 Å². The largest absolute Gasteiger partial charge is 0.141 e. The molecule has 1 atom stereocenters. The zero-order chi connectivity index (χ0) is 17.3. The lowest BCUT2D eigenvalue weighted by molar-refractivity contribution is 0.586.